The zero-order valence-corrected chi connectivity index (χ0v) is 20.7. The number of rotatable bonds is 8. The minimum atomic E-state index is -0.980. The van der Waals surface area contributed by atoms with Crippen molar-refractivity contribution in [3.05, 3.63) is 29.8 Å². The highest BCUT2D eigenvalue weighted by Crippen LogP contribution is 2.46. The van der Waals surface area contributed by atoms with Gasteiger partial charge in [0.25, 0.3) is 11.8 Å². The maximum Gasteiger partial charge on any atom is 0.326 e. The molecule has 1 N–H and O–H groups in total. The van der Waals surface area contributed by atoms with Crippen LogP contribution in [0.25, 0.3) is 0 Å². The number of carbonyl (C=O) groups is 4. The number of likely N-dealkylation sites (N-methyl/N-ethyl adjacent to an activating group) is 1. The van der Waals surface area contributed by atoms with Crippen LogP contribution < -0.4 is 10.1 Å². The predicted molar refractivity (Wildman–Crippen MR) is 125 cm³/mol. The average Bonchev–Trinajstić information content (AvgIpc) is 2.95. The summed E-state index contributed by atoms with van der Waals surface area (Å²) in [6.07, 6.45) is 2.03. The summed E-state index contributed by atoms with van der Waals surface area (Å²) in [6, 6.07) is 6.79. The molecular weight excluding hydrogens is 438 g/mol. The van der Waals surface area contributed by atoms with Gasteiger partial charge in [-0.3, -0.25) is 19.3 Å². The molecule has 34 heavy (non-hydrogen) atoms. The van der Waals surface area contributed by atoms with E-state index in [1.54, 1.807) is 7.05 Å². The van der Waals surface area contributed by atoms with Crippen LogP contribution in [0.1, 0.15) is 52.5 Å². The third-order valence-corrected chi connectivity index (χ3v) is 6.35. The van der Waals surface area contributed by atoms with Crippen molar-refractivity contribution in [3.8, 4) is 5.75 Å². The molecule has 2 aliphatic rings. The Morgan fingerprint density at radius 3 is 2.47 bits per heavy atom. The van der Waals surface area contributed by atoms with Crippen molar-refractivity contribution in [1.82, 2.24) is 15.1 Å². The number of amides is 4. The van der Waals surface area contributed by atoms with E-state index in [4.69, 9.17) is 9.47 Å². The molecule has 3 rings (SSSR count). The molecule has 186 valence electrons. The van der Waals surface area contributed by atoms with Gasteiger partial charge in [-0.1, -0.05) is 32.9 Å². The first-order valence-electron chi connectivity index (χ1n) is 11.7. The predicted octanol–water partition coefficient (Wildman–Crippen LogP) is 2.72. The maximum atomic E-state index is 13.1. The molecule has 1 aliphatic carbocycles. The fourth-order valence-electron chi connectivity index (χ4n) is 5.30. The number of urea groups is 1. The standard InChI is InChI=1S/C25H35N3O6/c1-6-33-19-9-7-18(8-10-19)13-27(5)20(29)15-34-21(30)14-28-22(31)25(26-23(28)32)12-17(2)11-24(3,4)16-25/h7-10,17H,6,11-16H2,1-5H3,(H,26,32). The SMILES string of the molecule is CCOc1ccc(CN(C)C(=O)COC(=O)CN2C(=O)NC3(CC(C)CC(C)(C)C3)C2=O)cc1. The minimum absolute atomic E-state index is 0.0997. The molecule has 2 atom stereocenters. The van der Waals surface area contributed by atoms with Gasteiger partial charge < -0.3 is 19.7 Å². The number of carbonyl (C=O) groups excluding carboxylic acids is 4. The summed E-state index contributed by atoms with van der Waals surface area (Å²) in [5, 5.41) is 2.83. The fraction of sp³-hybridized carbons (Fsp3) is 0.600. The van der Waals surface area contributed by atoms with Gasteiger partial charge in [0.15, 0.2) is 6.61 Å². The van der Waals surface area contributed by atoms with E-state index in [-0.39, 0.29) is 11.3 Å². The second-order valence-corrected chi connectivity index (χ2v) is 10.2. The van der Waals surface area contributed by atoms with E-state index in [1.165, 1.54) is 4.90 Å². The minimum Gasteiger partial charge on any atom is -0.494 e. The molecule has 1 aromatic rings. The molecule has 1 saturated carbocycles. The highest BCUT2D eigenvalue weighted by Gasteiger charge is 2.56. The number of imide groups is 1. The Morgan fingerprint density at radius 1 is 1.18 bits per heavy atom. The van der Waals surface area contributed by atoms with E-state index in [0.29, 0.717) is 26.0 Å². The first-order chi connectivity index (χ1) is 15.9. The average molecular weight is 474 g/mol. The zero-order valence-electron chi connectivity index (χ0n) is 20.7. The Hall–Kier alpha value is -3.10. The molecule has 1 aliphatic heterocycles. The molecule has 1 saturated heterocycles. The lowest BCUT2D eigenvalue weighted by molar-refractivity contribution is -0.153. The lowest BCUT2D eigenvalue weighted by atomic mass is 9.64. The van der Waals surface area contributed by atoms with Crippen molar-refractivity contribution in [2.24, 2.45) is 11.3 Å². The number of hydrogen-bond acceptors (Lipinski definition) is 6. The molecule has 1 heterocycles. The molecule has 2 fully saturated rings. The van der Waals surface area contributed by atoms with Crippen LogP contribution in [0.4, 0.5) is 4.79 Å². The molecule has 2 unspecified atom stereocenters. The molecule has 9 nitrogen and oxygen atoms in total. The Morgan fingerprint density at radius 2 is 1.85 bits per heavy atom. The summed E-state index contributed by atoms with van der Waals surface area (Å²) in [6.45, 7) is 8.06. The van der Waals surface area contributed by atoms with Crippen molar-refractivity contribution in [3.63, 3.8) is 0 Å². The van der Waals surface area contributed by atoms with Gasteiger partial charge in [0.2, 0.25) is 0 Å². The van der Waals surface area contributed by atoms with Gasteiger partial charge >= 0.3 is 12.0 Å². The molecule has 0 radical (unpaired) electrons. The smallest absolute Gasteiger partial charge is 0.326 e. The molecule has 4 amide bonds. The summed E-state index contributed by atoms with van der Waals surface area (Å²) in [5.41, 5.74) is -0.177. The summed E-state index contributed by atoms with van der Waals surface area (Å²) in [4.78, 5) is 52.8. The topological polar surface area (TPSA) is 105 Å². The summed E-state index contributed by atoms with van der Waals surface area (Å²) in [7, 11) is 1.61. The number of esters is 1. The Bertz CT molecular complexity index is 944. The second-order valence-electron chi connectivity index (χ2n) is 10.2. The zero-order chi connectivity index (χ0) is 25.1. The first-order valence-corrected chi connectivity index (χ1v) is 11.7. The van der Waals surface area contributed by atoms with Crippen LogP contribution in [-0.2, 0) is 25.7 Å². The molecule has 1 spiro atoms. The van der Waals surface area contributed by atoms with E-state index in [2.05, 4.69) is 26.1 Å². The van der Waals surface area contributed by atoms with Gasteiger partial charge in [-0.05, 0) is 55.2 Å². The second kappa shape index (κ2) is 10.0. The van der Waals surface area contributed by atoms with Gasteiger partial charge in [0.05, 0.1) is 6.61 Å². The lowest BCUT2D eigenvalue weighted by Gasteiger charge is -2.43. The number of nitrogens with one attached hydrogen (secondary N) is 1. The number of hydrogen-bond donors (Lipinski definition) is 1. The Kier molecular flexibility index (Phi) is 7.53. The molecule has 0 aromatic heterocycles. The van der Waals surface area contributed by atoms with Crippen molar-refractivity contribution in [2.75, 3.05) is 26.8 Å². The Labute approximate surface area is 200 Å². The van der Waals surface area contributed by atoms with Gasteiger partial charge in [0.1, 0.15) is 17.8 Å². The van der Waals surface area contributed by atoms with E-state index >= 15 is 0 Å². The van der Waals surface area contributed by atoms with Gasteiger partial charge in [0, 0.05) is 13.6 Å². The van der Waals surface area contributed by atoms with Crippen LogP contribution in [0.5, 0.6) is 5.75 Å². The van der Waals surface area contributed by atoms with Crippen LogP contribution >= 0.6 is 0 Å². The molecule has 9 heteroatoms. The largest absolute Gasteiger partial charge is 0.494 e. The number of benzene rings is 1. The van der Waals surface area contributed by atoms with Gasteiger partial charge in [-0.15, -0.1) is 0 Å². The fourth-order valence-corrected chi connectivity index (χ4v) is 5.30. The van der Waals surface area contributed by atoms with E-state index in [1.807, 2.05) is 31.2 Å². The lowest BCUT2D eigenvalue weighted by Crippen LogP contribution is -2.54. The third-order valence-electron chi connectivity index (χ3n) is 6.35. The Balaban J connectivity index is 1.51. The summed E-state index contributed by atoms with van der Waals surface area (Å²) in [5.74, 6) is -0.565. The van der Waals surface area contributed by atoms with Crippen LogP contribution in [0.15, 0.2) is 24.3 Å². The highest BCUT2D eigenvalue weighted by molar-refractivity contribution is 6.08. The van der Waals surface area contributed by atoms with Crippen LogP contribution in [0.3, 0.4) is 0 Å². The normalized spacial score (nSPS) is 23.6. The third kappa shape index (κ3) is 5.87. The monoisotopic (exact) mass is 473 g/mol. The van der Waals surface area contributed by atoms with E-state index in [0.717, 1.165) is 22.6 Å². The van der Waals surface area contributed by atoms with Crippen molar-refractivity contribution in [2.45, 2.75) is 59.0 Å². The quantitative estimate of drug-likeness (QED) is 0.460. The van der Waals surface area contributed by atoms with Crippen molar-refractivity contribution >= 4 is 23.8 Å². The maximum absolute atomic E-state index is 13.1. The van der Waals surface area contributed by atoms with Crippen molar-refractivity contribution in [1.29, 1.82) is 0 Å². The number of nitrogens with zero attached hydrogens (tertiary/aromatic N) is 2. The summed E-state index contributed by atoms with van der Waals surface area (Å²) < 4.78 is 10.5. The van der Waals surface area contributed by atoms with Crippen LogP contribution in [-0.4, -0.2) is 66.0 Å². The summed E-state index contributed by atoms with van der Waals surface area (Å²) >= 11 is 0. The van der Waals surface area contributed by atoms with Crippen molar-refractivity contribution < 1.29 is 28.7 Å². The molecule has 1 aromatic carbocycles. The molecular formula is C25H35N3O6. The highest BCUT2D eigenvalue weighted by atomic mass is 16.5. The number of ether oxygens (including phenoxy) is 2. The van der Waals surface area contributed by atoms with Gasteiger partial charge in [-0.2, -0.15) is 0 Å². The van der Waals surface area contributed by atoms with Crippen LogP contribution in [0.2, 0.25) is 0 Å². The van der Waals surface area contributed by atoms with Crippen LogP contribution in [0, 0.1) is 11.3 Å². The van der Waals surface area contributed by atoms with E-state index < -0.39 is 42.5 Å². The van der Waals surface area contributed by atoms with Gasteiger partial charge in [-0.25, -0.2) is 4.79 Å². The molecule has 0 bridgehead atoms. The van der Waals surface area contributed by atoms with E-state index in [9.17, 15) is 19.2 Å². The first kappa shape index (κ1) is 25.5.